The number of phenols is 1. The fourth-order valence-corrected chi connectivity index (χ4v) is 5.54. The Morgan fingerprint density at radius 1 is 0.851 bits per heavy atom. The highest BCUT2D eigenvalue weighted by Crippen LogP contribution is 2.35. The van der Waals surface area contributed by atoms with Gasteiger partial charge in [-0.05, 0) is 23.8 Å². The lowest BCUT2D eigenvalue weighted by molar-refractivity contribution is -0.399. The molecule has 47 heavy (non-hydrogen) atoms. The van der Waals surface area contributed by atoms with Crippen molar-refractivity contribution >= 4 is 12.3 Å². The van der Waals surface area contributed by atoms with Crippen LogP contribution in [0.3, 0.4) is 0 Å². The monoisotopic (exact) mass is 679 g/mol. The van der Waals surface area contributed by atoms with Crippen molar-refractivity contribution in [1.29, 1.82) is 0 Å². The van der Waals surface area contributed by atoms with Gasteiger partial charge in [0.05, 0.1) is 37.8 Å². The lowest BCUT2D eigenvalue weighted by atomic mass is 9.93. The molecule has 2 unspecified atom stereocenters. The summed E-state index contributed by atoms with van der Waals surface area (Å²) in [7, 11) is 0. The average Bonchev–Trinajstić information content (AvgIpc) is 3.05. The zero-order valence-electron chi connectivity index (χ0n) is 24.7. The van der Waals surface area contributed by atoms with E-state index in [9.17, 15) is 55.5 Å². The van der Waals surface area contributed by atoms with Gasteiger partial charge < -0.3 is 91.6 Å². The molecule has 266 valence electrons. The van der Waals surface area contributed by atoms with Crippen LogP contribution >= 0.6 is 0 Å². The Labute approximate surface area is 266 Å². The highest BCUT2D eigenvalue weighted by Gasteiger charge is 2.58. The maximum Gasteiger partial charge on any atom is 0.312 e. The SMILES string of the molecule is N[C@H]1[C@@H](OC2[C@@H](CO)O[C@@H](OC3[C@@H](CO)O[C@@H](O)[C@H](N)[C@H]3O)[C@H](N)[C@H]2O)O[C@](CO)(OC(=O)Cc2cc(O)ccc2C=O)[C@@H](O)[C@@H]1O. The maximum atomic E-state index is 12.9. The molecule has 20 heteroatoms. The number of hydrogen-bond acceptors (Lipinski definition) is 20. The van der Waals surface area contributed by atoms with Crippen LogP contribution in [0.5, 0.6) is 5.75 Å². The molecule has 0 amide bonds. The van der Waals surface area contributed by atoms with Crippen LogP contribution in [-0.4, -0.2) is 170 Å². The van der Waals surface area contributed by atoms with Crippen molar-refractivity contribution in [2.45, 2.75) is 98.0 Å². The van der Waals surface area contributed by atoms with Gasteiger partial charge in [0.2, 0.25) is 0 Å². The van der Waals surface area contributed by atoms with E-state index in [2.05, 4.69) is 0 Å². The van der Waals surface area contributed by atoms with Crippen LogP contribution in [0.1, 0.15) is 15.9 Å². The minimum absolute atomic E-state index is 0.0308. The third kappa shape index (κ3) is 7.58. The molecule has 0 aliphatic carbocycles. The molecule has 15 N–H and O–H groups in total. The minimum Gasteiger partial charge on any atom is -0.508 e. The summed E-state index contributed by atoms with van der Waals surface area (Å²) in [4.78, 5) is 24.3. The van der Waals surface area contributed by atoms with Crippen molar-refractivity contribution < 1.29 is 84.0 Å². The standard InChI is InChI=1S/C27H41N3O17/c28-15-18(37)21(12(6-32)42-24(15)41)44-25-16(29)19(38)22(13(7-33)43-25)45-26-17(30)20(39)23(40)27(8-34,47-26)46-14(36)4-10-3-11(35)2-1-9(10)5-31/h1-3,5,12-13,15-26,32-35,37-41H,4,6-8,28-30H2/t12-,13-,15-,16-,17-,18-,19-,20-,21?,22?,23+,24-,25+,26+,27+/m1/s1. The molecular formula is C27H41N3O17. The quantitative estimate of drug-likeness (QED) is 0.0763. The summed E-state index contributed by atoms with van der Waals surface area (Å²) in [6, 6.07) is -0.879. The van der Waals surface area contributed by atoms with Gasteiger partial charge in [-0.15, -0.1) is 0 Å². The third-order valence-corrected chi connectivity index (χ3v) is 8.30. The molecule has 0 saturated carbocycles. The van der Waals surface area contributed by atoms with Gasteiger partial charge in [-0.3, -0.25) is 9.59 Å². The molecule has 0 spiro atoms. The minimum atomic E-state index is -2.70. The van der Waals surface area contributed by atoms with Crippen molar-refractivity contribution in [2.75, 3.05) is 19.8 Å². The Morgan fingerprint density at radius 2 is 1.43 bits per heavy atom. The number of phenolic OH excluding ortho intramolecular Hbond substituents is 1. The molecule has 0 bridgehead atoms. The van der Waals surface area contributed by atoms with Gasteiger partial charge in [-0.25, -0.2) is 0 Å². The number of aromatic hydroxyl groups is 1. The molecule has 0 aromatic heterocycles. The summed E-state index contributed by atoms with van der Waals surface area (Å²) < 4.78 is 33.1. The van der Waals surface area contributed by atoms with E-state index in [0.717, 1.165) is 6.07 Å². The molecule has 0 radical (unpaired) electrons. The zero-order chi connectivity index (χ0) is 34.8. The van der Waals surface area contributed by atoms with E-state index in [-0.39, 0.29) is 16.9 Å². The van der Waals surface area contributed by atoms with Gasteiger partial charge in [0.1, 0.15) is 67.5 Å². The number of carbonyl (C=O) groups is 2. The number of hydrogen-bond donors (Lipinski definition) is 12. The Hall–Kier alpha value is -2.48. The van der Waals surface area contributed by atoms with Gasteiger partial charge in [-0.2, -0.15) is 0 Å². The number of benzene rings is 1. The maximum absolute atomic E-state index is 12.9. The molecule has 20 nitrogen and oxygen atoms in total. The van der Waals surface area contributed by atoms with Crippen LogP contribution in [0.15, 0.2) is 18.2 Å². The van der Waals surface area contributed by atoms with E-state index < -0.39 is 124 Å². The first-order valence-electron chi connectivity index (χ1n) is 14.5. The van der Waals surface area contributed by atoms with Crippen LogP contribution in [0.25, 0.3) is 0 Å². The highest BCUT2D eigenvalue weighted by atomic mass is 16.8. The first-order chi connectivity index (χ1) is 22.2. The predicted octanol–water partition coefficient (Wildman–Crippen LogP) is -7.04. The lowest BCUT2D eigenvalue weighted by Gasteiger charge is -2.50. The van der Waals surface area contributed by atoms with Gasteiger partial charge in [0.25, 0.3) is 5.79 Å². The molecule has 3 fully saturated rings. The van der Waals surface area contributed by atoms with E-state index in [1.54, 1.807) is 0 Å². The smallest absolute Gasteiger partial charge is 0.312 e. The van der Waals surface area contributed by atoms with Crippen LogP contribution in [0.4, 0.5) is 0 Å². The normalized spacial score (nSPS) is 42.5. The van der Waals surface area contributed by atoms with Crippen LogP contribution < -0.4 is 17.2 Å². The summed E-state index contributed by atoms with van der Waals surface area (Å²) in [5, 5.41) is 92.6. The number of aldehydes is 1. The lowest BCUT2D eigenvalue weighted by Crippen LogP contribution is -2.72. The van der Waals surface area contributed by atoms with Crippen LogP contribution in [0, 0.1) is 0 Å². The fraction of sp³-hybridized carbons (Fsp3) is 0.704. The third-order valence-electron chi connectivity index (χ3n) is 8.30. The number of carbonyl (C=O) groups excluding carboxylic acids is 2. The summed E-state index contributed by atoms with van der Waals surface area (Å²) in [6.07, 6.45) is -18.5. The van der Waals surface area contributed by atoms with Crippen molar-refractivity contribution in [2.24, 2.45) is 17.2 Å². The van der Waals surface area contributed by atoms with E-state index in [4.69, 9.17) is 45.6 Å². The van der Waals surface area contributed by atoms with Crippen LogP contribution in [0.2, 0.25) is 0 Å². The van der Waals surface area contributed by atoms with Gasteiger partial charge >= 0.3 is 5.97 Å². The van der Waals surface area contributed by atoms with E-state index in [0.29, 0.717) is 6.29 Å². The van der Waals surface area contributed by atoms with Crippen molar-refractivity contribution in [3.05, 3.63) is 29.3 Å². The number of esters is 1. The molecule has 1 aromatic rings. The predicted molar refractivity (Wildman–Crippen MR) is 149 cm³/mol. The van der Waals surface area contributed by atoms with Crippen LogP contribution in [-0.2, 0) is 39.6 Å². The number of rotatable bonds is 11. The Bertz CT molecular complexity index is 1230. The topological polar surface area (TPSA) is 350 Å². The second-order valence-corrected chi connectivity index (χ2v) is 11.4. The van der Waals surface area contributed by atoms with Gasteiger partial charge in [-0.1, -0.05) is 0 Å². The second-order valence-electron chi connectivity index (χ2n) is 11.4. The van der Waals surface area contributed by atoms with Crippen molar-refractivity contribution in [3.8, 4) is 5.75 Å². The van der Waals surface area contributed by atoms with Gasteiger partial charge in [0, 0.05) is 5.56 Å². The number of aliphatic hydroxyl groups is 8. The highest BCUT2D eigenvalue weighted by molar-refractivity contribution is 5.82. The van der Waals surface area contributed by atoms with Gasteiger partial charge in [0.15, 0.2) is 18.9 Å². The Balaban J connectivity index is 1.50. The molecule has 3 heterocycles. The molecule has 3 aliphatic rings. The fourth-order valence-electron chi connectivity index (χ4n) is 5.54. The molecule has 3 saturated heterocycles. The summed E-state index contributed by atoms with van der Waals surface area (Å²) >= 11 is 0. The Morgan fingerprint density at radius 3 is 2.02 bits per heavy atom. The molecule has 15 atom stereocenters. The largest absolute Gasteiger partial charge is 0.508 e. The summed E-state index contributed by atoms with van der Waals surface area (Å²) in [5.74, 6) is -4.14. The number of aliphatic hydroxyl groups excluding tert-OH is 8. The molecule has 4 rings (SSSR count). The zero-order valence-corrected chi connectivity index (χ0v) is 24.7. The molecule has 1 aromatic carbocycles. The molecular weight excluding hydrogens is 638 g/mol. The van der Waals surface area contributed by atoms with E-state index in [1.165, 1.54) is 12.1 Å². The Kier molecular flexibility index (Phi) is 12.2. The first-order valence-corrected chi connectivity index (χ1v) is 14.5. The number of ether oxygens (including phenoxy) is 6. The first kappa shape index (κ1) is 37.3. The van der Waals surface area contributed by atoms with E-state index in [1.807, 2.05) is 0 Å². The number of nitrogens with two attached hydrogens (primary N) is 3. The van der Waals surface area contributed by atoms with Crippen molar-refractivity contribution in [1.82, 2.24) is 0 Å². The average molecular weight is 680 g/mol. The molecule has 3 aliphatic heterocycles. The second kappa shape index (κ2) is 15.4. The summed E-state index contributed by atoms with van der Waals surface area (Å²) in [5.41, 5.74) is 17.9. The van der Waals surface area contributed by atoms with Crippen molar-refractivity contribution in [3.63, 3.8) is 0 Å². The van der Waals surface area contributed by atoms with E-state index >= 15 is 0 Å². The summed E-state index contributed by atoms with van der Waals surface area (Å²) in [6.45, 7) is -2.82.